The smallest absolute Gasteiger partial charge is 0.249 e. The molecule has 1 aliphatic heterocycles. The van der Waals surface area contributed by atoms with E-state index in [4.69, 9.17) is 5.11 Å². The second kappa shape index (κ2) is 12.2. The van der Waals surface area contributed by atoms with E-state index in [1.165, 1.54) is 11.1 Å². The lowest BCUT2D eigenvalue weighted by molar-refractivity contribution is -0.130. The number of aliphatic hydroxyl groups is 1. The Morgan fingerprint density at radius 1 is 1.19 bits per heavy atom. The minimum absolute atomic E-state index is 0.0218. The van der Waals surface area contributed by atoms with Gasteiger partial charge in [-0.05, 0) is 33.3 Å². The number of hydrogen-bond donors (Lipinski definition) is 2. The van der Waals surface area contributed by atoms with Crippen LogP contribution in [0.2, 0.25) is 0 Å². The standard InChI is InChI=1S/C25H35N3O3/c1-5-7-11-20(4)24(21-12-9-8-10-13-21)28-15-14-27(25(31)19(3)6-2)17-22(28)16-26-23(30)18-29/h5-13,22,24,29H,14-18H2,1-4H3,(H,26,30)/b7-5-,19-6+,20-11+. The molecule has 1 aliphatic rings. The van der Waals surface area contributed by atoms with Gasteiger partial charge in [0, 0.05) is 37.8 Å². The van der Waals surface area contributed by atoms with Crippen molar-refractivity contribution in [3.05, 3.63) is 71.3 Å². The SMILES string of the molecule is C/C=C\C=C(/C)C(c1ccccc1)N1CCN(C(=O)/C(C)=C/C)CC1CNC(=O)CO. The van der Waals surface area contributed by atoms with Crippen LogP contribution in [0.25, 0.3) is 0 Å². The minimum Gasteiger partial charge on any atom is -0.387 e. The molecule has 31 heavy (non-hydrogen) atoms. The molecule has 1 fully saturated rings. The molecule has 2 atom stereocenters. The van der Waals surface area contributed by atoms with E-state index >= 15 is 0 Å². The summed E-state index contributed by atoms with van der Waals surface area (Å²) in [5.41, 5.74) is 3.08. The maximum Gasteiger partial charge on any atom is 0.249 e. The lowest BCUT2D eigenvalue weighted by Crippen LogP contribution is -2.59. The molecule has 2 unspecified atom stereocenters. The fourth-order valence-electron chi connectivity index (χ4n) is 3.93. The molecule has 0 radical (unpaired) electrons. The summed E-state index contributed by atoms with van der Waals surface area (Å²) >= 11 is 0. The first-order valence-electron chi connectivity index (χ1n) is 10.8. The Hall–Kier alpha value is -2.70. The quantitative estimate of drug-likeness (QED) is 0.496. The molecule has 1 saturated heterocycles. The highest BCUT2D eigenvalue weighted by atomic mass is 16.3. The van der Waals surface area contributed by atoms with Crippen molar-refractivity contribution < 1.29 is 14.7 Å². The number of benzene rings is 1. The lowest BCUT2D eigenvalue weighted by atomic mass is 9.94. The Morgan fingerprint density at radius 3 is 2.52 bits per heavy atom. The van der Waals surface area contributed by atoms with Crippen molar-refractivity contribution in [1.82, 2.24) is 15.1 Å². The fourth-order valence-corrected chi connectivity index (χ4v) is 3.93. The van der Waals surface area contributed by atoms with Gasteiger partial charge in [-0.2, -0.15) is 0 Å². The monoisotopic (exact) mass is 425 g/mol. The van der Waals surface area contributed by atoms with Gasteiger partial charge in [0.05, 0.1) is 6.04 Å². The first-order chi connectivity index (χ1) is 14.9. The third-order valence-electron chi connectivity index (χ3n) is 5.69. The molecule has 0 bridgehead atoms. The zero-order valence-electron chi connectivity index (χ0n) is 19.0. The number of carbonyl (C=O) groups is 2. The number of rotatable bonds is 8. The molecule has 6 nitrogen and oxygen atoms in total. The van der Waals surface area contributed by atoms with E-state index in [1.807, 2.05) is 62.1 Å². The van der Waals surface area contributed by atoms with Crippen LogP contribution in [0, 0.1) is 0 Å². The summed E-state index contributed by atoms with van der Waals surface area (Å²) in [6.45, 7) is 9.42. The van der Waals surface area contributed by atoms with Crippen molar-refractivity contribution in [3.63, 3.8) is 0 Å². The van der Waals surface area contributed by atoms with Crippen molar-refractivity contribution in [3.8, 4) is 0 Å². The average Bonchev–Trinajstić information content (AvgIpc) is 2.81. The van der Waals surface area contributed by atoms with Gasteiger partial charge >= 0.3 is 0 Å². The molecule has 1 aromatic rings. The van der Waals surface area contributed by atoms with Crippen molar-refractivity contribution in [2.45, 2.75) is 39.8 Å². The zero-order valence-corrected chi connectivity index (χ0v) is 19.0. The summed E-state index contributed by atoms with van der Waals surface area (Å²) < 4.78 is 0. The normalized spacial score (nSPS) is 19.5. The van der Waals surface area contributed by atoms with Gasteiger partial charge in [-0.3, -0.25) is 14.5 Å². The predicted molar refractivity (Wildman–Crippen MR) is 124 cm³/mol. The third kappa shape index (κ3) is 6.64. The predicted octanol–water partition coefficient (Wildman–Crippen LogP) is 2.84. The summed E-state index contributed by atoms with van der Waals surface area (Å²) in [5, 5.41) is 11.9. The van der Waals surface area contributed by atoms with Crippen LogP contribution in [-0.4, -0.2) is 65.5 Å². The second-order valence-electron chi connectivity index (χ2n) is 7.83. The van der Waals surface area contributed by atoms with Crippen LogP contribution in [0.1, 0.15) is 39.3 Å². The van der Waals surface area contributed by atoms with Gasteiger partial charge in [0.1, 0.15) is 6.61 Å². The molecule has 1 heterocycles. The van der Waals surface area contributed by atoms with Crippen molar-refractivity contribution in [2.24, 2.45) is 0 Å². The number of aliphatic hydroxyl groups excluding tert-OH is 1. The first kappa shape index (κ1) is 24.6. The summed E-state index contributed by atoms with van der Waals surface area (Å²) in [6.07, 6.45) is 7.97. The Morgan fingerprint density at radius 2 is 1.90 bits per heavy atom. The molecule has 6 heteroatoms. The fraction of sp³-hybridized carbons (Fsp3) is 0.440. The highest BCUT2D eigenvalue weighted by Crippen LogP contribution is 2.32. The van der Waals surface area contributed by atoms with E-state index < -0.39 is 12.5 Å². The van der Waals surface area contributed by atoms with E-state index in [0.717, 1.165) is 5.57 Å². The second-order valence-corrected chi connectivity index (χ2v) is 7.83. The van der Waals surface area contributed by atoms with Crippen LogP contribution < -0.4 is 5.32 Å². The zero-order chi connectivity index (χ0) is 22.8. The van der Waals surface area contributed by atoms with E-state index in [2.05, 4.69) is 35.3 Å². The van der Waals surface area contributed by atoms with Gasteiger partial charge in [-0.15, -0.1) is 0 Å². The number of amides is 2. The van der Waals surface area contributed by atoms with Crippen LogP contribution in [0.5, 0.6) is 0 Å². The van der Waals surface area contributed by atoms with E-state index in [-0.39, 0.29) is 18.0 Å². The molecular weight excluding hydrogens is 390 g/mol. The van der Waals surface area contributed by atoms with Gasteiger partial charge in [-0.25, -0.2) is 0 Å². The van der Waals surface area contributed by atoms with Crippen molar-refractivity contribution in [1.29, 1.82) is 0 Å². The molecule has 0 spiro atoms. The molecule has 0 aliphatic carbocycles. The largest absolute Gasteiger partial charge is 0.387 e. The van der Waals surface area contributed by atoms with Crippen LogP contribution >= 0.6 is 0 Å². The summed E-state index contributed by atoms with van der Waals surface area (Å²) in [5.74, 6) is -0.386. The summed E-state index contributed by atoms with van der Waals surface area (Å²) in [4.78, 5) is 28.8. The lowest BCUT2D eigenvalue weighted by Gasteiger charge is -2.46. The van der Waals surface area contributed by atoms with Crippen LogP contribution in [0.4, 0.5) is 0 Å². The summed E-state index contributed by atoms with van der Waals surface area (Å²) in [7, 11) is 0. The number of hydrogen-bond acceptors (Lipinski definition) is 4. The molecule has 1 aromatic carbocycles. The van der Waals surface area contributed by atoms with Gasteiger partial charge in [0.25, 0.3) is 0 Å². The number of allylic oxidation sites excluding steroid dienone is 4. The molecule has 168 valence electrons. The number of piperazine rings is 1. The number of carbonyl (C=O) groups excluding carboxylic acids is 2. The highest BCUT2D eigenvalue weighted by molar-refractivity contribution is 5.92. The van der Waals surface area contributed by atoms with Crippen LogP contribution in [-0.2, 0) is 9.59 Å². The summed E-state index contributed by atoms with van der Waals surface area (Å²) in [6, 6.07) is 10.2. The maximum absolute atomic E-state index is 12.8. The molecule has 0 aromatic heterocycles. The Labute approximate surface area is 185 Å². The van der Waals surface area contributed by atoms with Gasteiger partial charge in [0.2, 0.25) is 11.8 Å². The number of nitrogens with one attached hydrogen (secondary N) is 1. The average molecular weight is 426 g/mol. The van der Waals surface area contributed by atoms with Gasteiger partial charge < -0.3 is 15.3 Å². The van der Waals surface area contributed by atoms with E-state index in [0.29, 0.717) is 26.2 Å². The molecule has 2 rings (SSSR count). The van der Waals surface area contributed by atoms with Crippen molar-refractivity contribution in [2.75, 3.05) is 32.8 Å². The van der Waals surface area contributed by atoms with Gasteiger partial charge in [-0.1, -0.05) is 60.2 Å². The topological polar surface area (TPSA) is 72.9 Å². The van der Waals surface area contributed by atoms with Crippen molar-refractivity contribution >= 4 is 11.8 Å². The van der Waals surface area contributed by atoms with E-state index in [9.17, 15) is 9.59 Å². The number of nitrogens with zero attached hydrogens (tertiary/aromatic N) is 2. The Kier molecular flexibility index (Phi) is 9.69. The molecule has 2 N–H and O–H groups in total. The first-order valence-corrected chi connectivity index (χ1v) is 10.8. The Bertz CT molecular complexity index is 830. The maximum atomic E-state index is 12.8. The highest BCUT2D eigenvalue weighted by Gasteiger charge is 2.35. The van der Waals surface area contributed by atoms with E-state index in [1.54, 1.807) is 0 Å². The van der Waals surface area contributed by atoms with Gasteiger partial charge in [0.15, 0.2) is 0 Å². The molecule has 2 amide bonds. The van der Waals surface area contributed by atoms with Crippen LogP contribution in [0.3, 0.4) is 0 Å². The molecule has 0 saturated carbocycles. The van der Waals surface area contributed by atoms with Crippen LogP contribution in [0.15, 0.2) is 65.8 Å². The Balaban J connectivity index is 2.39. The third-order valence-corrected chi connectivity index (χ3v) is 5.69. The minimum atomic E-state index is -0.546. The molecular formula is C25H35N3O3.